The third-order valence-corrected chi connectivity index (χ3v) is 4.02. The number of aromatic nitrogens is 2. The van der Waals surface area contributed by atoms with Crippen molar-refractivity contribution in [3.05, 3.63) is 72.3 Å². The molecule has 24 heavy (non-hydrogen) atoms. The quantitative estimate of drug-likeness (QED) is 0.664. The number of hydrogen-bond acceptors (Lipinski definition) is 3. The molecule has 3 rings (SSSR count). The van der Waals surface area contributed by atoms with Crippen molar-refractivity contribution in [2.24, 2.45) is 0 Å². The molecule has 0 aliphatic heterocycles. The summed E-state index contributed by atoms with van der Waals surface area (Å²) in [5.74, 6) is 0.912. The zero-order chi connectivity index (χ0) is 16.8. The zero-order valence-corrected chi connectivity index (χ0v) is 13.7. The Balaban J connectivity index is 1.77. The van der Waals surface area contributed by atoms with E-state index in [4.69, 9.17) is 5.26 Å². The highest BCUT2D eigenvalue weighted by Gasteiger charge is 2.03. The fourth-order valence-electron chi connectivity index (χ4n) is 2.56. The average Bonchev–Trinajstić information content (AvgIpc) is 2.67. The Morgan fingerprint density at radius 1 is 0.792 bits per heavy atom. The van der Waals surface area contributed by atoms with E-state index in [1.165, 1.54) is 0 Å². The van der Waals surface area contributed by atoms with Gasteiger partial charge in [0.25, 0.3) is 0 Å². The van der Waals surface area contributed by atoms with E-state index in [1.54, 1.807) is 0 Å². The van der Waals surface area contributed by atoms with Crippen LogP contribution in [0.2, 0.25) is 0 Å². The van der Waals surface area contributed by atoms with E-state index in [9.17, 15) is 0 Å². The minimum absolute atomic E-state index is 0.677. The van der Waals surface area contributed by atoms with Gasteiger partial charge in [-0.3, -0.25) is 0 Å². The highest BCUT2D eigenvalue weighted by atomic mass is 14.9. The maximum atomic E-state index is 8.87. The molecule has 0 unspecified atom stereocenters. The van der Waals surface area contributed by atoms with Gasteiger partial charge in [-0.2, -0.15) is 5.26 Å². The normalized spacial score (nSPS) is 10.3. The summed E-state index contributed by atoms with van der Waals surface area (Å²) in [7, 11) is 0. The lowest BCUT2D eigenvalue weighted by Gasteiger charge is -2.05. The number of nitriles is 1. The molecule has 1 heterocycles. The molecule has 118 valence electrons. The lowest BCUT2D eigenvalue weighted by molar-refractivity contribution is 0.752. The molecule has 0 saturated carbocycles. The second-order valence-electron chi connectivity index (χ2n) is 5.76. The van der Waals surface area contributed by atoms with Crippen LogP contribution < -0.4 is 0 Å². The minimum atomic E-state index is 0.677. The molecule has 0 amide bonds. The smallest absolute Gasteiger partial charge is 0.128 e. The fraction of sp³-hybridized carbons (Fsp3) is 0.190. The van der Waals surface area contributed by atoms with E-state index < -0.39 is 0 Å². The molecular formula is C21H19N3. The third-order valence-electron chi connectivity index (χ3n) is 4.02. The molecule has 3 aromatic rings. The van der Waals surface area contributed by atoms with E-state index in [1.807, 2.05) is 36.7 Å². The van der Waals surface area contributed by atoms with Crippen LogP contribution in [0.5, 0.6) is 0 Å². The van der Waals surface area contributed by atoms with Crippen LogP contribution in [-0.2, 0) is 6.42 Å². The average molecular weight is 313 g/mol. The molecular weight excluding hydrogens is 294 g/mol. The Labute approximate surface area is 142 Å². The summed E-state index contributed by atoms with van der Waals surface area (Å²) in [4.78, 5) is 8.90. The molecule has 0 spiro atoms. The van der Waals surface area contributed by atoms with Crippen LogP contribution in [0.25, 0.3) is 22.3 Å². The summed E-state index contributed by atoms with van der Waals surface area (Å²) in [6.45, 7) is 2.17. The number of nitrogens with zero attached hydrogens (tertiary/aromatic N) is 3. The molecule has 1 aromatic heterocycles. The minimum Gasteiger partial charge on any atom is -0.241 e. The standard InChI is InChI=1S/C21H19N3/c1-2-3-4-21-23-14-20(15-24-21)19-11-9-18(10-12-19)17-7-5-16(13-22)6-8-17/h5-12,14-15H,2-4H2,1H3. The van der Waals surface area contributed by atoms with Gasteiger partial charge in [-0.15, -0.1) is 0 Å². The Morgan fingerprint density at radius 2 is 1.29 bits per heavy atom. The molecule has 2 aromatic carbocycles. The van der Waals surface area contributed by atoms with Gasteiger partial charge in [0, 0.05) is 24.4 Å². The van der Waals surface area contributed by atoms with Crippen molar-refractivity contribution in [1.82, 2.24) is 9.97 Å². The van der Waals surface area contributed by atoms with E-state index in [0.29, 0.717) is 5.56 Å². The summed E-state index contributed by atoms with van der Waals surface area (Å²) >= 11 is 0. The van der Waals surface area contributed by atoms with Gasteiger partial charge >= 0.3 is 0 Å². The number of unbranched alkanes of at least 4 members (excludes halogenated alkanes) is 1. The molecule has 0 bridgehead atoms. The van der Waals surface area contributed by atoms with E-state index >= 15 is 0 Å². The van der Waals surface area contributed by atoms with Gasteiger partial charge in [-0.05, 0) is 35.2 Å². The number of hydrogen-bond donors (Lipinski definition) is 0. The predicted molar refractivity (Wildman–Crippen MR) is 96.2 cm³/mol. The van der Waals surface area contributed by atoms with Crippen LogP contribution in [0.4, 0.5) is 0 Å². The molecule has 0 N–H and O–H groups in total. The molecule has 3 nitrogen and oxygen atoms in total. The van der Waals surface area contributed by atoms with Crippen molar-refractivity contribution in [1.29, 1.82) is 5.26 Å². The van der Waals surface area contributed by atoms with Gasteiger partial charge in [0.1, 0.15) is 5.82 Å². The SMILES string of the molecule is CCCCc1ncc(-c2ccc(-c3ccc(C#N)cc3)cc2)cn1. The molecule has 0 atom stereocenters. The monoisotopic (exact) mass is 313 g/mol. The third kappa shape index (κ3) is 3.67. The van der Waals surface area contributed by atoms with E-state index in [2.05, 4.69) is 47.2 Å². The first-order valence-corrected chi connectivity index (χ1v) is 8.22. The van der Waals surface area contributed by atoms with Crippen LogP contribution in [-0.4, -0.2) is 9.97 Å². The van der Waals surface area contributed by atoms with Crippen LogP contribution in [0, 0.1) is 11.3 Å². The molecule has 0 saturated heterocycles. The van der Waals surface area contributed by atoms with Crippen LogP contribution in [0.3, 0.4) is 0 Å². The Bertz CT molecular complexity index is 826. The largest absolute Gasteiger partial charge is 0.241 e. The van der Waals surface area contributed by atoms with Crippen molar-refractivity contribution >= 4 is 0 Å². The Hall–Kier alpha value is -2.99. The summed E-state index contributed by atoms with van der Waals surface area (Å²) in [6.07, 6.45) is 7.01. The first-order chi connectivity index (χ1) is 11.8. The Kier molecular flexibility index (Phi) is 4.98. The molecule has 0 aliphatic carbocycles. The van der Waals surface area contributed by atoms with E-state index in [0.717, 1.165) is 47.3 Å². The van der Waals surface area contributed by atoms with Crippen molar-refractivity contribution in [2.75, 3.05) is 0 Å². The van der Waals surface area contributed by atoms with Gasteiger partial charge in [0.2, 0.25) is 0 Å². The first kappa shape index (κ1) is 15.9. The van der Waals surface area contributed by atoms with Crippen molar-refractivity contribution in [2.45, 2.75) is 26.2 Å². The number of aryl methyl sites for hydroxylation is 1. The summed E-state index contributed by atoms with van der Waals surface area (Å²) in [5, 5.41) is 8.87. The molecule has 0 radical (unpaired) electrons. The lowest BCUT2D eigenvalue weighted by Crippen LogP contribution is -1.94. The molecule has 3 heteroatoms. The number of benzene rings is 2. The second kappa shape index (κ2) is 7.52. The topological polar surface area (TPSA) is 49.6 Å². The van der Waals surface area contributed by atoms with Crippen LogP contribution >= 0.6 is 0 Å². The first-order valence-electron chi connectivity index (χ1n) is 8.22. The fourth-order valence-corrected chi connectivity index (χ4v) is 2.56. The highest BCUT2D eigenvalue weighted by molar-refractivity contribution is 5.70. The summed E-state index contributed by atoms with van der Waals surface area (Å²) in [6, 6.07) is 18.1. The number of rotatable bonds is 5. The van der Waals surface area contributed by atoms with Crippen LogP contribution in [0.1, 0.15) is 31.2 Å². The van der Waals surface area contributed by atoms with Crippen molar-refractivity contribution < 1.29 is 0 Å². The van der Waals surface area contributed by atoms with Gasteiger partial charge in [0.15, 0.2) is 0 Å². The van der Waals surface area contributed by atoms with Gasteiger partial charge in [0.05, 0.1) is 11.6 Å². The second-order valence-corrected chi connectivity index (χ2v) is 5.76. The van der Waals surface area contributed by atoms with Gasteiger partial charge in [-0.25, -0.2) is 9.97 Å². The summed E-state index contributed by atoms with van der Waals surface area (Å²) < 4.78 is 0. The maximum absolute atomic E-state index is 8.87. The Morgan fingerprint density at radius 3 is 1.79 bits per heavy atom. The van der Waals surface area contributed by atoms with Crippen molar-refractivity contribution in [3.63, 3.8) is 0 Å². The maximum Gasteiger partial charge on any atom is 0.128 e. The van der Waals surface area contributed by atoms with Crippen molar-refractivity contribution in [3.8, 4) is 28.3 Å². The lowest BCUT2D eigenvalue weighted by atomic mass is 10.0. The van der Waals surface area contributed by atoms with Crippen LogP contribution in [0.15, 0.2) is 60.9 Å². The predicted octanol–water partition coefficient (Wildman–Crippen LogP) is 5.02. The van der Waals surface area contributed by atoms with Gasteiger partial charge in [-0.1, -0.05) is 49.7 Å². The zero-order valence-electron chi connectivity index (χ0n) is 13.7. The highest BCUT2D eigenvalue weighted by Crippen LogP contribution is 2.24. The molecule has 0 aliphatic rings. The van der Waals surface area contributed by atoms with E-state index in [-0.39, 0.29) is 0 Å². The van der Waals surface area contributed by atoms with Gasteiger partial charge < -0.3 is 0 Å². The molecule has 0 fully saturated rings. The summed E-state index contributed by atoms with van der Waals surface area (Å²) in [5.41, 5.74) is 5.04.